The van der Waals surface area contributed by atoms with E-state index in [1.54, 1.807) is 32.1 Å². The van der Waals surface area contributed by atoms with E-state index in [4.69, 9.17) is 9.47 Å². The fourth-order valence-electron chi connectivity index (χ4n) is 5.35. The number of amides is 1. The van der Waals surface area contributed by atoms with Crippen molar-refractivity contribution < 1.29 is 29.3 Å². The largest absolute Gasteiger partial charge is 0.392 e. The third kappa shape index (κ3) is 8.79. The molecule has 3 unspecified atom stereocenters. The van der Waals surface area contributed by atoms with Gasteiger partial charge in [-0.1, -0.05) is 39.3 Å². The Balaban J connectivity index is 1.91. The van der Waals surface area contributed by atoms with E-state index >= 15 is 0 Å². The van der Waals surface area contributed by atoms with Crippen molar-refractivity contribution in [3.63, 3.8) is 0 Å². The Morgan fingerprint density at radius 3 is 2.56 bits per heavy atom. The summed E-state index contributed by atoms with van der Waals surface area (Å²) in [5.41, 5.74) is 1.80. The lowest BCUT2D eigenvalue weighted by atomic mass is 9.73. The molecule has 8 nitrogen and oxygen atoms in total. The lowest BCUT2D eigenvalue weighted by Crippen LogP contribution is -2.47. The smallest absolute Gasteiger partial charge is 0.223 e. The summed E-state index contributed by atoms with van der Waals surface area (Å²) in [4.78, 5) is 31.1. The van der Waals surface area contributed by atoms with Crippen LogP contribution in [-0.2, 0) is 19.1 Å². The Kier molecular flexibility index (Phi) is 11.5. The highest BCUT2D eigenvalue weighted by Crippen LogP contribution is 2.32. The molecule has 0 radical (unpaired) electrons. The normalized spacial score (nSPS) is 30.7. The summed E-state index contributed by atoms with van der Waals surface area (Å²) in [6, 6.07) is -0.307. The van der Waals surface area contributed by atoms with Crippen LogP contribution in [0.5, 0.6) is 0 Å². The van der Waals surface area contributed by atoms with Crippen LogP contribution >= 0.6 is 11.3 Å². The number of ether oxygens (including phenoxy) is 2. The number of hydrogen-bond acceptors (Lipinski definition) is 8. The number of ketones is 1. The van der Waals surface area contributed by atoms with Gasteiger partial charge in [0.2, 0.25) is 5.91 Å². The molecule has 0 aliphatic carbocycles. The van der Waals surface area contributed by atoms with Gasteiger partial charge in [0.05, 0.1) is 54.0 Å². The molecule has 1 fully saturated rings. The quantitative estimate of drug-likeness (QED) is 0.460. The van der Waals surface area contributed by atoms with Gasteiger partial charge < -0.3 is 25.0 Å². The van der Waals surface area contributed by atoms with Gasteiger partial charge in [-0.05, 0) is 57.1 Å². The molecule has 1 saturated heterocycles. The molecule has 2 aliphatic rings. The number of nitrogens with zero attached hydrogens (tertiary/aromatic N) is 1. The summed E-state index contributed by atoms with van der Waals surface area (Å²) in [6.45, 7) is 12.1. The van der Waals surface area contributed by atoms with Gasteiger partial charge in [-0.15, -0.1) is 11.3 Å². The van der Waals surface area contributed by atoms with Gasteiger partial charge in [-0.2, -0.15) is 0 Å². The minimum Gasteiger partial charge on any atom is -0.392 e. The first-order chi connectivity index (χ1) is 18.4. The van der Waals surface area contributed by atoms with Gasteiger partial charge in [-0.25, -0.2) is 4.98 Å². The van der Waals surface area contributed by atoms with Gasteiger partial charge in [0.15, 0.2) is 6.29 Å². The second-order valence-electron chi connectivity index (χ2n) is 11.7. The molecule has 5 atom stereocenters. The Labute approximate surface area is 236 Å². The summed E-state index contributed by atoms with van der Waals surface area (Å²) >= 11 is 1.57. The fraction of sp³-hybridized carbons (Fsp3) is 0.700. The molecule has 9 heteroatoms. The van der Waals surface area contributed by atoms with E-state index in [1.807, 2.05) is 32.2 Å². The van der Waals surface area contributed by atoms with Crippen molar-refractivity contribution in [2.24, 2.45) is 17.3 Å². The topological polar surface area (TPSA) is 118 Å². The minimum absolute atomic E-state index is 0.0900. The molecular weight excluding hydrogens is 516 g/mol. The Morgan fingerprint density at radius 1 is 1.23 bits per heavy atom. The number of aliphatic hydroxyl groups is 2. The van der Waals surface area contributed by atoms with E-state index in [9.17, 15) is 19.8 Å². The zero-order valence-corrected chi connectivity index (χ0v) is 25.1. The van der Waals surface area contributed by atoms with Crippen LogP contribution in [0.4, 0.5) is 0 Å². The second-order valence-corrected chi connectivity index (χ2v) is 12.8. The average molecular weight is 563 g/mol. The third-order valence-corrected chi connectivity index (χ3v) is 8.96. The number of carbonyl (C=O) groups excluding carboxylic acids is 2. The van der Waals surface area contributed by atoms with E-state index in [0.717, 1.165) is 35.5 Å². The molecule has 1 aromatic rings. The number of aryl methyl sites for hydroxylation is 1. The summed E-state index contributed by atoms with van der Waals surface area (Å²) < 4.78 is 11.4. The summed E-state index contributed by atoms with van der Waals surface area (Å²) in [5.74, 6) is -1.32. The predicted molar refractivity (Wildman–Crippen MR) is 153 cm³/mol. The molecule has 0 bridgehead atoms. The minimum atomic E-state index is -1.18. The Morgan fingerprint density at radius 2 is 1.92 bits per heavy atom. The maximum atomic E-state index is 13.4. The molecular formula is C30H46N2O6S. The van der Waals surface area contributed by atoms with Crippen molar-refractivity contribution in [1.82, 2.24) is 10.3 Å². The molecule has 39 heavy (non-hydrogen) atoms. The molecule has 218 valence electrons. The summed E-state index contributed by atoms with van der Waals surface area (Å²) in [6.07, 6.45) is 5.27. The Bertz CT molecular complexity index is 1040. The third-order valence-electron chi connectivity index (χ3n) is 8.17. The number of thiazole rings is 1. The lowest BCUT2D eigenvalue weighted by molar-refractivity contribution is -0.143. The maximum absolute atomic E-state index is 13.4. The first-order valence-corrected chi connectivity index (χ1v) is 15.0. The molecule has 0 spiro atoms. The summed E-state index contributed by atoms with van der Waals surface area (Å²) in [5, 5.41) is 28.0. The molecule has 3 N–H and O–H groups in total. The highest BCUT2D eigenvalue weighted by atomic mass is 32.1. The van der Waals surface area contributed by atoms with Crippen molar-refractivity contribution in [3.05, 3.63) is 33.3 Å². The summed E-state index contributed by atoms with van der Waals surface area (Å²) in [7, 11) is 0. The molecule has 0 saturated carbocycles. The number of aliphatic hydroxyl groups excluding tert-OH is 2. The van der Waals surface area contributed by atoms with Crippen LogP contribution < -0.4 is 5.32 Å². The van der Waals surface area contributed by atoms with E-state index in [-0.39, 0.29) is 36.4 Å². The molecule has 3 rings (SSSR count). The van der Waals surface area contributed by atoms with Gasteiger partial charge in [0.1, 0.15) is 5.78 Å². The van der Waals surface area contributed by atoms with E-state index in [1.165, 1.54) is 5.57 Å². The van der Waals surface area contributed by atoms with E-state index in [0.29, 0.717) is 26.1 Å². The van der Waals surface area contributed by atoms with E-state index < -0.39 is 23.5 Å². The predicted octanol–water partition coefficient (Wildman–Crippen LogP) is 4.58. The van der Waals surface area contributed by atoms with Crippen LogP contribution in [0.2, 0.25) is 0 Å². The standard InChI is InChI=1S/C30H46N2O6S/c1-18-8-7-9-22(15-27-37-12-13-38-27)10-11-24(19(2)14-23-17-39-21(4)31-23)32-26(34)16-25(33)30(5,6)29(36)20(3)28(18)35/h10,14,17-18,20,24-25,27-28,33,35H,7-9,11-13,15-16H2,1-6H3,(H,32,34)/t18?,20?,24-,25?,28-/m0/s1. The van der Waals surface area contributed by atoms with Crippen LogP contribution in [0, 0.1) is 24.2 Å². The highest BCUT2D eigenvalue weighted by Gasteiger charge is 2.42. The van der Waals surface area contributed by atoms with Crippen molar-refractivity contribution in [1.29, 1.82) is 0 Å². The first kappa shape index (κ1) is 31.6. The molecule has 3 heterocycles. The molecule has 1 amide bonds. The number of carbonyl (C=O) groups is 2. The van der Waals surface area contributed by atoms with E-state index in [2.05, 4.69) is 16.4 Å². The number of rotatable bonds is 4. The van der Waals surface area contributed by atoms with Crippen molar-refractivity contribution in [2.75, 3.05) is 13.2 Å². The van der Waals surface area contributed by atoms with Crippen LogP contribution in [-0.4, -0.2) is 64.6 Å². The van der Waals surface area contributed by atoms with Crippen LogP contribution in [0.1, 0.15) is 83.8 Å². The van der Waals surface area contributed by atoms with Crippen LogP contribution in [0.25, 0.3) is 6.08 Å². The first-order valence-electron chi connectivity index (χ1n) is 14.1. The second kappa shape index (κ2) is 14.1. The Hall–Kier alpha value is -1.91. The van der Waals surface area contributed by atoms with Crippen LogP contribution in [0.3, 0.4) is 0 Å². The van der Waals surface area contributed by atoms with Crippen molar-refractivity contribution in [3.8, 4) is 0 Å². The van der Waals surface area contributed by atoms with Gasteiger partial charge in [0.25, 0.3) is 0 Å². The maximum Gasteiger partial charge on any atom is 0.223 e. The zero-order chi connectivity index (χ0) is 28.7. The zero-order valence-electron chi connectivity index (χ0n) is 24.2. The van der Waals surface area contributed by atoms with Gasteiger partial charge in [-0.3, -0.25) is 9.59 Å². The monoisotopic (exact) mass is 562 g/mol. The fourth-order valence-corrected chi connectivity index (χ4v) is 5.93. The van der Waals surface area contributed by atoms with Crippen molar-refractivity contribution >= 4 is 29.1 Å². The number of Topliss-reactive ketones (excluding diaryl/α,β-unsaturated/α-hetero) is 1. The number of aromatic nitrogens is 1. The number of hydrogen-bond donors (Lipinski definition) is 3. The highest BCUT2D eigenvalue weighted by molar-refractivity contribution is 7.09. The lowest BCUT2D eigenvalue weighted by Gasteiger charge is -2.34. The SMILES string of the molecule is CC(=Cc1csc(C)n1)[C@@H]1CC=C(CC2OCCO2)CCCC(C)[C@H](O)C(C)C(=O)C(C)(C)C(O)CC(=O)N1. The average Bonchev–Trinajstić information content (AvgIpc) is 3.55. The van der Waals surface area contributed by atoms with Gasteiger partial charge in [0, 0.05) is 17.7 Å². The molecule has 2 aliphatic heterocycles. The van der Waals surface area contributed by atoms with Gasteiger partial charge >= 0.3 is 0 Å². The van der Waals surface area contributed by atoms with Crippen LogP contribution in [0.15, 0.2) is 22.6 Å². The number of nitrogens with one attached hydrogen (secondary N) is 1. The molecule has 1 aromatic heterocycles. The molecule has 0 aromatic carbocycles. The van der Waals surface area contributed by atoms with Crippen molar-refractivity contribution in [2.45, 2.75) is 105 Å².